The summed E-state index contributed by atoms with van der Waals surface area (Å²) >= 11 is 0. The Kier molecular flexibility index (Phi) is 3.70. The Morgan fingerprint density at radius 1 is 1.20 bits per heavy atom. The van der Waals surface area contributed by atoms with Crippen LogP contribution in [-0.4, -0.2) is 10.9 Å². The Hall–Kier alpha value is -2.43. The zero-order valence-electron chi connectivity index (χ0n) is 11.4. The highest BCUT2D eigenvalue weighted by Gasteiger charge is 2.30. The lowest BCUT2D eigenvalue weighted by Crippen LogP contribution is -2.35. The Labute approximate surface area is 116 Å². The van der Waals surface area contributed by atoms with Gasteiger partial charge in [-0.15, -0.1) is 0 Å². The van der Waals surface area contributed by atoms with Crippen LogP contribution in [0, 0.1) is 5.95 Å². The molecule has 2 aromatic rings. The van der Waals surface area contributed by atoms with Gasteiger partial charge in [0.15, 0.2) is 0 Å². The highest BCUT2D eigenvalue weighted by molar-refractivity contribution is 5.97. The van der Waals surface area contributed by atoms with Gasteiger partial charge < -0.3 is 11.1 Å². The number of nitrogen functional groups attached to an aromatic ring is 1. The van der Waals surface area contributed by atoms with Gasteiger partial charge in [-0.05, 0) is 43.7 Å². The van der Waals surface area contributed by atoms with Crippen LogP contribution in [0.15, 0.2) is 42.5 Å². The SMILES string of the molecule is CC(C)(C(=O)Nc1cccc(F)n1)c1ccc(N)cc1. The molecule has 2 rings (SSSR count). The van der Waals surface area contributed by atoms with Crippen LogP contribution >= 0.6 is 0 Å². The standard InChI is InChI=1S/C15H16FN3O/c1-15(2,10-6-8-11(17)9-7-10)14(20)19-13-5-3-4-12(16)18-13/h3-9H,17H2,1-2H3,(H,18,19,20). The summed E-state index contributed by atoms with van der Waals surface area (Å²) < 4.78 is 13.0. The van der Waals surface area contributed by atoms with E-state index in [2.05, 4.69) is 10.3 Å². The summed E-state index contributed by atoms with van der Waals surface area (Å²) in [7, 11) is 0. The first-order valence-corrected chi connectivity index (χ1v) is 6.19. The number of benzene rings is 1. The summed E-state index contributed by atoms with van der Waals surface area (Å²) in [4.78, 5) is 15.9. The van der Waals surface area contributed by atoms with Crippen LogP contribution in [0.1, 0.15) is 19.4 Å². The number of carbonyl (C=O) groups excluding carboxylic acids is 1. The summed E-state index contributed by atoms with van der Waals surface area (Å²) in [6.45, 7) is 3.57. The summed E-state index contributed by atoms with van der Waals surface area (Å²) in [5.41, 5.74) is 6.31. The van der Waals surface area contributed by atoms with Gasteiger partial charge in [0.25, 0.3) is 0 Å². The van der Waals surface area contributed by atoms with Gasteiger partial charge in [-0.25, -0.2) is 4.98 Å². The molecule has 0 spiro atoms. The topological polar surface area (TPSA) is 68.0 Å². The molecule has 0 radical (unpaired) electrons. The van der Waals surface area contributed by atoms with Crippen LogP contribution < -0.4 is 11.1 Å². The maximum atomic E-state index is 13.0. The van der Waals surface area contributed by atoms with E-state index in [-0.39, 0.29) is 11.7 Å². The molecule has 0 fully saturated rings. The van der Waals surface area contributed by atoms with E-state index in [0.717, 1.165) is 5.56 Å². The number of halogens is 1. The molecule has 0 saturated heterocycles. The number of aromatic nitrogens is 1. The van der Waals surface area contributed by atoms with Gasteiger partial charge >= 0.3 is 0 Å². The van der Waals surface area contributed by atoms with Crippen LogP contribution in [-0.2, 0) is 10.2 Å². The minimum atomic E-state index is -0.776. The van der Waals surface area contributed by atoms with Crippen molar-refractivity contribution in [1.29, 1.82) is 0 Å². The number of amides is 1. The number of carbonyl (C=O) groups is 1. The third-order valence-electron chi connectivity index (χ3n) is 3.16. The van der Waals surface area contributed by atoms with E-state index in [1.807, 2.05) is 0 Å². The highest BCUT2D eigenvalue weighted by atomic mass is 19.1. The summed E-state index contributed by atoms with van der Waals surface area (Å²) in [6, 6.07) is 11.3. The minimum absolute atomic E-state index is 0.193. The number of anilines is 2. The van der Waals surface area contributed by atoms with E-state index < -0.39 is 11.4 Å². The van der Waals surface area contributed by atoms with Crippen molar-refractivity contribution in [1.82, 2.24) is 4.98 Å². The molecule has 0 unspecified atom stereocenters. The molecule has 104 valence electrons. The number of nitrogens with two attached hydrogens (primary N) is 1. The normalized spacial score (nSPS) is 11.2. The quantitative estimate of drug-likeness (QED) is 0.667. The van der Waals surface area contributed by atoms with E-state index in [1.165, 1.54) is 12.1 Å². The van der Waals surface area contributed by atoms with Gasteiger partial charge in [-0.2, -0.15) is 4.39 Å². The first-order chi connectivity index (χ1) is 9.39. The van der Waals surface area contributed by atoms with Crippen LogP contribution in [0.4, 0.5) is 15.9 Å². The van der Waals surface area contributed by atoms with E-state index in [9.17, 15) is 9.18 Å². The first kappa shape index (κ1) is 14.0. The second kappa shape index (κ2) is 5.28. The molecule has 1 heterocycles. The number of rotatable bonds is 3. The molecule has 0 aliphatic rings. The Morgan fingerprint density at radius 2 is 1.85 bits per heavy atom. The minimum Gasteiger partial charge on any atom is -0.399 e. The fourth-order valence-corrected chi connectivity index (χ4v) is 1.78. The van der Waals surface area contributed by atoms with E-state index >= 15 is 0 Å². The molecule has 20 heavy (non-hydrogen) atoms. The Balaban J connectivity index is 2.21. The van der Waals surface area contributed by atoms with Crippen LogP contribution in [0.2, 0.25) is 0 Å². The molecule has 4 nitrogen and oxygen atoms in total. The van der Waals surface area contributed by atoms with Gasteiger partial charge in [0.2, 0.25) is 11.9 Å². The van der Waals surface area contributed by atoms with Crippen molar-refractivity contribution in [2.75, 3.05) is 11.1 Å². The number of hydrogen-bond donors (Lipinski definition) is 2. The van der Waals surface area contributed by atoms with Gasteiger partial charge in [0, 0.05) is 5.69 Å². The second-order valence-corrected chi connectivity index (χ2v) is 5.05. The van der Waals surface area contributed by atoms with Gasteiger partial charge in [-0.3, -0.25) is 4.79 Å². The largest absolute Gasteiger partial charge is 0.399 e. The summed E-state index contributed by atoms with van der Waals surface area (Å²) in [5, 5.41) is 2.61. The number of pyridine rings is 1. The summed E-state index contributed by atoms with van der Waals surface area (Å²) in [5.74, 6) is -0.702. The second-order valence-electron chi connectivity index (χ2n) is 5.05. The third kappa shape index (κ3) is 2.93. The molecule has 1 aromatic heterocycles. The van der Waals surface area contributed by atoms with Gasteiger partial charge in [0.05, 0.1) is 5.41 Å². The first-order valence-electron chi connectivity index (χ1n) is 6.19. The fourth-order valence-electron chi connectivity index (χ4n) is 1.78. The molecule has 1 amide bonds. The predicted octanol–water partition coefficient (Wildman–Crippen LogP) is 2.72. The average molecular weight is 273 g/mol. The Morgan fingerprint density at radius 3 is 2.45 bits per heavy atom. The molecular weight excluding hydrogens is 257 g/mol. The maximum Gasteiger partial charge on any atom is 0.235 e. The van der Waals surface area contributed by atoms with E-state index in [4.69, 9.17) is 5.73 Å². The molecule has 3 N–H and O–H groups in total. The third-order valence-corrected chi connectivity index (χ3v) is 3.16. The zero-order chi connectivity index (χ0) is 14.8. The molecule has 0 aliphatic carbocycles. The van der Waals surface area contributed by atoms with Gasteiger partial charge in [-0.1, -0.05) is 18.2 Å². The zero-order valence-corrected chi connectivity index (χ0v) is 11.4. The van der Waals surface area contributed by atoms with Crippen LogP contribution in [0.5, 0.6) is 0 Å². The Bertz CT molecular complexity index is 623. The van der Waals surface area contributed by atoms with Crippen molar-refractivity contribution in [2.45, 2.75) is 19.3 Å². The predicted molar refractivity (Wildman–Crippen MR) is 76.7 cm³/mol. The molecule has 0 atom stereocenters. The lowest BCUT2D eigenvalue weighted by Gasteiger charge is -2.24. The smallest absolute Gasteiger partial charge is 0.235 e. The van der Waals surface area contributed by atoms with Crippen molar-refractivity contribution in [3.05, 3.63) is 54.0 Å². The van der Waals surface area contributed by atoms with Crippen molar-refractivity contribution in [3.63, 3.8) is 0 Å². The monoisotopic (exact) mass is 273 g/mol. The van der Waals surface area contributed by atoms with E-state index in [0.29, 0.717) is 5.69 Å². The van der Waals surface area contributed by atoms with Gasteiger partial charge in [0.1, 0.15) is 5.82 Å². The molecular formula is C15H16FN3O. The number of nitrogens with zero attached hydrogens (tertiary/aromatic N) is 1. The molecule has 0 saturated carbocycles. The maximum absolute atomic E-state index is 13.0. The number of hydrogen-bond acceptors (Lipinski definition) is 3. The van der Waals surface area contributed by atoms with Crippen molar-refractivity contribution in [2.24, 2.45) is 0 Å². The lowest BCUT2D eigenvalue weighted by atomic mass is 9.83. The molecule has 1 aromatic carbocycles. The molecule has 0 bridgehead atoms. The highest BCUT2D eigenvalue weighted by Crippen LogP contribution is 2.25. The van der Waals surface area contributed by atoms with E-state index in [1.54, 1.807) is 44.2 Å². The lowest BCUT2D eigenvalue weighted by molar-refractivity contribution is -0.120. The van der Waals surface area contributed by atoms with Crippen LogP contribution in [0.3, 0.4) is 0 Å². The van der Waals surface area contributed by atoms with Crippen molar-refractivity contribution < 1.29 is 9.18 Å². The fraction of sp³-hybridized carbons (Fsp3) is 0.200. The number of nitrogens with one attached hydrogen (secondary N) is 1. The molecule has 5 heteroatoms. The van der Waals surface area contributed by atoms with Crippen molar-refractivity contribution >= 4 is 17.4 Å². The average Bonchev–Trinajstić information content (AvgIpc) is 2.39. The van der Waals surface area contributed by atoms with Crippen molar-refractivity contribution in [3.8, 4) is 0 Å². The van der Waals surface area contributed by atoms with Crippen LogP contribution in [0.25, 0.3) is 0 Å². The summed E-state index contributed by atoms with van der Waals surface area (Å²) in [6.07, 6.45) is 0. The molecule has 0 aliphatic heterocycles.